The molecule has 3 rings (SSSR count). The summed E-state index contributed by atoms with van der Waals surface area (Å²) in [5.41, 5.74) is 3.90. The van der Waals surface area contributed by atoms with Crippen LogP contribution >= 0.6 is 12.2 Å². The standard InChI is InChI=1S/C26H38N4S/c1-25(2)16-22(17-26(3,4)28-25)27-24(31)30(18-20-10-8-7-9-11-20)19-21-12-14-23(15-13-21)29(5)6/h7-15,22,28H,16-19H2,1-6H3,(H,27,31). The number of piperidine rings is 1. The van der Waals surface area contributed by atoms with Gasteiger partial charge in [0.05, 0.1) is 0 Å². The Morgan fingerprint density at radius 1 is 0.903 bits per heavy atom. The summed E-state index contributed by atoms with van der Waals surface area (Å²) in [6, 6.07) is 19.7. The van der Waals surface area contributed by atoms with Crippen molar-refractivity contribution in [3.05, 3.63) is 65.7 Å². The van der Waals surface area contributed by atoms with Crippen LogP contribution in [0, 0.1) is 0 Å². The lowest BCUT2D eigenvalue weighted by molar-refractivity contribution is 0.153. The second kappa shape index (κ2) is 9.58. The summed E-state index contributed by atoms with van der Waals surface area (Å²) >= 11 is 5.96. The second-order valence-corrected chi connectivity index (χ2v) is 10.7. The molecular weight excluding hydrogens is 400 g/mol. The highest BCUT2D eigenvalue weighted by Gasteiger charge is 2.38. The molecule has 0 aromatic heterocycles. The van der Waals surface area contributed by atoms with Gasteiger partial charge in [-0.25, -0.2) is 0 Å². The maximum Gasteiger partial charge on any atom is 0.169 e. The zero-order valence-electron chi connectivity index (χ0n) is 19.9. The van der Waals surface area contributed by atoms with E-state index in [1.807, 2.05) is 0 Å². The summed E-state index contributed by atoms with van der Waals surface area (Å²) in [5.74, 6) is 0. The molecule has 1 aliphatic heterocycles. The molecule has 2 aromatic carbocycles. The molecule has 168 valence electrons. The highest BCUT2D eigenvalue weighted by molar-refractivity contribution is 7.80. The predicted molar refractivity (Wildman–Crippen MR) is 137 cm³/mol. The fourth-order valence-corrected chi connectivity index (χ4v) is 5.11. The highest BCUT2D eigenvalue weighted by atomic mass is 32.1. The molecule has 0 amide bonds. The topological polar surface area (TPSA) is 30.5 Å². The van der Waals surface area contributed by atoms with Gasteiger partial charge in [0.15, 0.2) is 5.11 Å². The number of anilines is 1. The van der Waals surface area contributed by atoms with E-state index in [2.05, 4.69) is 117 Å². The molecule has 1 saturated heterocycles. The quantitative estimate of drug-likeness (QED) is 0.624. The Morgan fingerprint density at radius 2 is 1.42 bits per heavy atom. The second-order valence-electron chi connectivity index (χ2n) is 10.3. The number of hydrogen-bond donors (Lipinski definition) is 2. The van der Waals surface area contributed by atoms with Crippen molar-refractivity contribution in [3.63, 3.8) is 0 Å². The molecule has 0 atom stereocenters. The molecule has 0 aliphatic carbocycles. The van der Waals surface area contributed by atoms with Gasteiger partial charge in [-0.15, -0.1) is 0 Å². The zero-order chi connectivity index (χ0) is 22.6. The highest BCUT2D eigenvalue weighted by Crippen LogP contribution is 2.28. The molecule has 31 heavy (non-hydrogen) atoms. The third-order valence-electron chi connectivity index (χ3n) is 5.85. The Labute approximate surface area is 194 Å². The van der Waals surface area contributed by atoms with Crippen LogP contribution in [0.1, 0.15) is 51.7 Å². The fourth-order valence-electron chi connectivity index (χ4n) is 4.81. The first-order valence-electron chi connectivity index (χ1n) is 11.2. The van der Waals surface area contributed by atoms with Crippen LogP contribution in [0.4, 0.5) is 5.69 Å². The number of hydrogen-bond acceptors (Lipinski definition) is 3. The number of nitrogens with zero attached hydrogens (tertiary/aromatic N) is 2. The Balaban J connectivity index is 1.76. The van der Waals surface area contributed by atoms with Gasteiger partial charge in [0.2, 0.25) is 0 Å². The molecule has 0 saturated carbocycles. The molecule has 1 fully saturated rings. The van der Waals surface area contributed by atoms with Crippen LogP contribution in [0.15, 0.2) is 54.6 Å². The van der Waals surface area contributed by atoms with E-state index in [0.717, 1.165) is 31.0 Å². The summed E-state index contributed by atoms with van der Waals surface area (Å²) in [5, 5.41) is 8.30. The first-order chi connectivity index (χ1) is 14.5. The monoisotopic (exact) mass is 438 g/mol. The van der Waals surface area contributed by atoms with Crippen LogP contribution in [0.5, 0.6) is 0 Å². The van der Waals surface area contributed by atoms with E-state index in [9.17, 15) is 0 Å². The summed E-state index contributed by atoms with van der Waals surface area (Å²) < 4.78 is 0. The molecule has 0 radical (unpaired) electrons. The zero-order valence-corrected chi connectivity index (χ0v) is 20.7. The van der Waals surface area contributed by atoms with E-state index >= 15 is 0 Å². The van der Waals surface area contributed by atoms with Crippen LogP contribution in [0.3, 0.4) is 0 Å². The van der Waals surface area contributed by atoms with E-state index in [-0.39, 0.29) is 11.1 Å². The van der Waals surface area contributed by atoms with E-state index in [1.54, 1.807) is 0 Å². The molecule has 2 N–H and O–H groups in total. The van der Waals surface area contributed by atoms with Gasteiger partial charge in [0, 0.05) is 50.0 Å². The summed E-state index contributed by atoms with van der Waals surface area (Å²) in [7, 11) is 4.13. The Kier molecular flexibility index (Phi) is 7.28. The van der Waals surface area contributed by atoms with Crippen LogP contribution < -0.4 is 15.5 Å². The van der Waals surface area contributed by atoms with Crippen molar-refractivity contribution < 1.29 is 0 Å². The van der Waals surface area contributed by atoms with Crippen molar-refractivity contribution in [3.8, 4) is 0 Å². The van der Waals surface area contributed by atoms with Crippen LogP contribution in [0.2, 0.25) is 0 Å². The molecule has 1 heterocycles. The minimum absolute atomic E-state index is 0.0846. The van der Waals surface area contributed by atoms with E-state index in [1.165, 1.54) is 16.8 Å². The van der Waals surface area contributed by atoms with Gasteiger partial charge in [0.25, 0.3) is 0 Å². The van der Waals surface area contributed by atoms with Gasteiger partial charge < -0.3 is 20.4 Å². The third-order valence-corrected chi connectivity index (χ3v) is 6.22. The first-order valence-corrected chi connectivity index (χ1v) is 11.6. The maximum atomic E-state index is 5.96. The van der Waals surface area contributed by atoms with Gasteiger partial charge in [-0.3, -0.25) is 0 Å². The lowest BCUT2D eigenvalue weighted by Gasteiger charge is -2.47. The minimum Gasteiger partial charge on any atom is -0.378 e. The molecular formula is C26H38N4S. The summed E-state index contributed by atoms with van der Waals surface area (Å²) in [6.07, 6.45) is 2.10. The van der Waals surface area contributed by atoms with E-state index < -0.39 is 0 Å². The van der Waals surface area contributed by atoms with Crippen LogP contribution in [0.25, 0.3) is 0 Å². The fraction of sp³-hybridized carbons (Fsp3) is 0.500. The maximum absolute atomic E-state index is 5.96. The van der Waals surface area contributed by atoms with E-state index in [0.29, 0.717) is 6.04 Å². The smallest absolute Gasteiger partial charge is 0.169 e. The molecule has 2 aromatic rings. The lowest BCUT2D eigenvalue weighted by atomic mass is 9.80. The number of rotatable bonds is 6. The molecule has 0 unspecified atom stereocenters. The lowest BCUT2D eigenvalue weighted by Crippen LogP contribution is -2.62. The van der Waals surface area contributed by atoms with Gasteiger partial charge in [0.1, 0.15) is 0 Å². The Morgan fingerprint density at radius 3 is 1.94 bits per heavy atom. The SMILES string of the molecule is CN(C)c1ccc(CN(Cc2ccccc2)C(=S)NC2CC(C)(C)NC(C)(C)C2)cc1. The number of benzene rings is 2. The summed E-state index contributed by atoms with van der Waals surface area (Å²) in [4.78, 5) is 4.41. The molecule has 0 spiro atoms. The summed E-state index contributed by atoms with van der Waals surface area (Å²) in [6.45, 7) is 10.7. The van der Waals surface area contributed by atoms with Gasteiger partial charge >= 0.3 is 0 Å². The van der Waals surface area contributed by atoms with Crippen molar-refractivity contribution in [2.45, 2.75) is 70.7 Å². The van der Waals surface area contributed by atoms with Gasteiger partial charge in [-0.2, -0.15) is 0 Å². The third kappa shape index (κ3) is 6.94. The van der Waals surface area contributed by atoms with E-state index in [4.69, 9.17) is 12.2 Å². The minimum atomic E-state index is 0.0846. The van der Waals surface area contributed by atoms with Crippen molar-refractivity contribution in [1.82, 2.24) is 15.5 Å². The number of thiocarbonyl (C=S) groups is 1. The Bertz CT molecular complexity index is 843. The van der Waals surface area contributed by atoms with Crippen molar-refractivity contribution >= 4 is 23.0 Å². The Hall–Kier alpha value is -2.11. The predicted octanol–water partition coefficient (Wildman–Crippen LogP) is 4.94. The van der Waals surface area contributed by atoms with Crippen molar-refractivity contribution in [2.24, 2.45) is 0 Å². The largest absolute Gasteiger partial charge is 0.378 e. The van der Waals surface area contributed by atoms with Gasteiger partial charge in [-0.05, 0) is 76.0 Å². The van der Waals surface area contributed by atoms with Crippen molar-refractivity contribution in [1.29, 1.82) is 0 Å². The normalized spacial score (nSPS) is 17.7. The molecule has 5 heteroatoms. The molecule has 0 bridgehead atoms. The first kappa shape index (κ1) is 23.6. The van der Waals surface area contributed by atoms with Crippen LogP contribution in [-0.2, 0) is 13.1 Å². The van der Waals surface area contributed by atoms with Crippen LogP contribution in [-0.4, -0.2) is 41.2 Å². The molecule has 1 aliphatic rings. The average Bonchev–Trinajstić information content (AvgIpc) is 2.66. The molecule has 4 nitrogen and oxygen atoms in total. The number of nitrogens with one attached hydrogen (secondary N) is 2. The van der Waals surface area contributed by atoms with Crippen molar-refractivity contribution in [2.75, 3.05) is 19.0 Å². The average molecular weight is 439 g/mol. The van der Waals surface area contributed by atoms with Gasteiger partial charge in [-0.1, -0.05) is 42.5 Å².